The SMILES string of the molecule is Nc1cc(Cl)cnc1C(=O)c1ccccc1Cl. The first-order valence-electron chi connectivity index (χ1n) is 4.80. The molecule has 1 aromatic heterocycles. The molecule has 0 bridgehead atoms. The number of rotatable bonds is 2. The van der Waals surface area contributed by atoms with Gasteiger partial charge in [-0.05, 0) is 18.2 Å². The molecule has 0 aliphatic rings. The van der Waals surface area contributed by atoms with Gasteiger partial charge in [0.1, 0.15) is 5.69 Å². The summed E-state index contributed by atoms with van der Waals surface area (Å²) in [6, 6.07) is 8.23. The Kier molecular flexibility index (Phi) is 3.31. The molecule has 2 aromatic rings. The smallest absolute Gasteiger partial charge is 0.214 e. The number of aromatic nitrogens is 1. The van der Waals surface area contributed by atoms with Crippen LogP contribution in [0.2, 0.25) is 10.0 Å². The van der Waals surface area contributed by atoms with E-state index in [9.17, 15) is 4.79 Å². The first-order chi connectivity index (χ1) is 8.09. The largest absolute Gasteiger partial charge is 0.397 e. The van der Waals surface area contributed by atoms with Crippen molar-refractivity contribution in [1.29, 1.82) is 0 Å². The monoisotopic (exact) mass is 266 g/mol. The van der Waals surface area contributed by atoms with E-state index in [1.807, 2.05) is 0 Å². The lowest BCUT2D eigenvalue weighted by molar-refractivity contribution is 0.103. The van der Waals surface area contributed by atoms with E-state index in [0.717, 1.165) is 0 Å². The van der Waals surface area contributed by atoms with E-state index in [2.05, 4.69) is 4.98 Å². The maximum Gasteiger partial charge on any atom is 0.214 e. The van der Waals surface area contributed by atoms with Gasteiger partial charge in [0.15, 0.2) is 0 Å². The van der Waals surface area contributed by atoms with Crippen LogP contribution < -0.4 is 5.73 Å². The number of hydrogen-bond donors (Lipinski definition) is 1. The third-order valence-electron chi connectivity index (χ3n) is 2.22. The normalized spacial score (nSPS) is 10.2. The van der Waals surface area contributed by atoms with E-state index >= 15 is 0 Å². The van der Waals surface area contributed by atoms with Crippen LogP contribution in [0.3, 0.4) is 0 Å². The maximum atomic E-state index is 12.1. The number of nitrogen functional groups attached to an aromatic ring is 1. The number of nitrogens with two attached hydrogens (primary N) is 1. The van der Waals surface area contributed by atoms with Crippen LogP contribution in [0.15, 0.2) is 36.5 Å². The lowest BCUT2D eigenvalue weighted by atomic mass is 10.1. The predicted octanol–water partition coefficient (Wildman–Crippen LogP) is 3.20. The molecule has 0 spiro atoms. The lowest BCUT2D eigenvalue weighted by Crippen LogP contribution is -2.08. The van der Waals surface area contributed by atoms with Crippen LogP contribution in [0.25, 0.3) is 0 Å². The zero-order valence-electron chi connectivity index (χ0n) is 8.65. The molecule has 0 fully saturated rings. The number of carbonyl (C=O) groups is 1. The molecule has 0 amide bonds. The number of nitrogens with zero attached hydrogens (tertiary/aromatic N) is 1. The van der Waals surface area contributed by atoms with E-state index < -0.39 is 0 Å². The van der Waals surface area contributed by atoms with E-state index in [-0.39, 0.29) is 17.2 Å². The highest BCUT2D eigenvalue weighted by Gasteiger charge is 2.16. The Labute approximate surface area is 108 Å². The average Bonchev–Trinajstić information content (AvgIpc) is 2.29. The third-order valence-corrected chi connectivity index (χ3v) is 2.75. The van der Waals surface area contributed by atoms with Crippen molar-refractivity contribution >= 4 is 34.7 Å². The molecule has 0 aliphatic heterocycles. The summed E-state index contributed by atoms with van der Waals surface area (Å²) in [6.07, 6.45) is 1.38. The summed E-state index contributed by atoms with van der Waals surface area (Å²) in [5, 5.41) is 0.756. The van der Waals surface area contributed by atoms with Gasteiger partial charge in [-0.3, -0.25) is 4.79 Å². The van der Waals surface area contributed by atoms with Gasteiger partial charge in [-0.2, -0.15) is 0 Å². The first-order valence-corrected chi connectivity index (χ1v) is 5.55. The molecule has 0 unspecified atom stereocenters. The van der Waals surface area contributed by atoms with Crippen LogP contribution in [-0.2, 0) is 0 Å². The van der Waals surface area contributed by atoms with Gasteiger partial charge in [0, 0.05) is 11.8 Å². The minimum absolute atomic E-state index is 0.155. The fourth-order valence-corrected chi connectivity index (χ4v) is 1.81. The van der Waals surface area contributed by atoms with Crippen LogP contribution in [0.4, 0.5) is 5.69 Å². The van der Waals surface area contributed by atoms with Crippen LogP contribution in [0.1, 0.15) is 16.1 Å². The van der Waals surface area contributed by atoms with Crippen molar-refractivity contribution in [3.8, 4) is 0 Å². The molecule has 17 heavy (non-hydrogen) atoms. The Hall–Kier alpha value is -1.58. The van der Waals surface area contributed by atoms with Crippen molar-refractivity contribution in [2.75, 3.05) is 5.73 Å². The summed E-state index contributed by atoms with van der Waals surface area (Å²) in [5.74, 6) is -0.315. The van der Waals surface area contributed by atoms with Crippen LogP contribution >= 0.6 is 23.2 Å². The topological polar surface area (TPSA) is 56.0 Å². The Morgan fingerprint density at radius 1 is 1.24 bits per heavy atom. The summed E-state index contributed by atoms with van der Waals surface area (Å²) in [4.78, 5) is 16.1. The van der Waals surface area contributed by atoms with Crippen LogP contribution in [0.5, 0.6) is 0 Å². The van der Waals surface area contributed by atoms with Crippen molar-refractivity contribution in [3.63, 3.8) is 0 Å². The highest BCUT2D eigenvalue weighted by atomic mass is 35.5. The predicted molar refractivity (Wildman–Crippen MR) is 68.5 cm³/mol. The molecule has 0 saturated heterocycles. The van der Waals surface area contributed by atoms with Crippen molar-refractivity contribution in [3.05, 3.63) is 57.8 Å². The second-order valence-electron chi connectivity index (χ2n) is 3.40. The van der Waals surface area contributed by atoms with E-state index in [1.165, 1.54) is 12.3 Å². The molecular formula is C12H8Cl2N2O. The van der Waals surface area contributed by atoms with Crippen molar-refractivity contribution in [2.24, 2.45) is 0 Å². The van der Waals surface area contributed by atoms with Gasteiger partial charge >= 0.3 is 0 Å². The Morgan fingerprint density at radius 2 is 1.94 bits per heavy atom. The Bertz CT molecular complexity index is 584. The lowest BCUT2D eigenvalue weighted by Gasteiger charge is -2.05. The molecule has 1 heterocycles. The van der Waals surface area contributed by atoms with Crippen LogP contribution in [-0.4, -0.2) is 10.8 Å². The van der Waals surface area contributed by atoms with Crippen molar-refractivity contribution in [2.45, 2.75) is 0 Å². The molecule has 0 saturated carbocycles. The third kappa shape index (κ3) is 2.40. The highest BCUT2D eigenvalue weighted by molar-refractivity contribution is 6.35. The van der Waals surface area contributed by atoms with Gasteiger partial charge in [-0.15, -0.1) is 0 Å². The van der Waals surface area contributed by atoms with Crippen molar-refractivity contribution in [1.82, 2.24) is 4.98 Å². The number of benzene rings is 1. The molecule has 1 aromatic carbocycles. The molecule has 0 atom stereocenters. The second kappa shape index (κ2) is 4.73. The number of anilines is 1. The van der Waals surface area contributed by atoms with E-state index in [0.29, 0.717) is 15.6 Å². The fraction of sp³-hybridized carbons (Fsp3) is 0. The van der Waals surface area contributed by atoms with Gasteiger partial charge in [0.05, 0.1) is 15.7 Å². The maximum absolute atomic E-state index is 12.1. The molecule has 0 aliphatic carbocycles. The van der Waals surface area contributed by atoms with Gasteiger partial charge < -0.3 is 5.73 Å². The first kappa shape index (κ1) is 11.9. The van der Waals surface area contributed by atoms with E-state index in [1.54, 1.807) is 24.3 Å². The number of hydrogen-bond acceptors (Lipinski definition) is 3. The van der Waals surface area contributed by atoms with Gasteiger partial charge in [0.25, 0.3) is 0 Å². The van der Waals surface area contributed by atoms with Gasteiger partial charge in [-0.1, -0.05) is 35.3 Å². The summed E-state index contributed by atoms with van der Waals surface area (Å²) in [7, 11) is 0. The molecular weight excluding hydrogens is 259 g/mol. The number of carbonyl (C=O) groups excluding carboxylic acids is 1. The van der Waals surface area contributed by atoms with Crippen LogP contribution in [0, 0.1) is 0 Å². The summed E-state index contributed by atoms with van der Waals surface area (Å²) in [5.41, 5.74) is 6.46. The summed E-state index contributed by atoms with van der Waals surface area (Å²) in [6.45, 7) is 0. The minimum atomic E-state index is -0.315. The Morgan fingerprint density at radius 3 is 2.59 bits per heavy atom. The average molecular weight is 267 g/mol. The van der Waals surface area contributed by atoms with Gasteiger partial charge in [0.2, 0.25) is 5.78 Å². The Balaban J connectivity index is 2.48. The summed E-state index contributed by atoms with van der Waals surface area (Å²) < 4.78 is 0. The number of halogens is 2. The standard InChI is InChI=1S/C12H8Cl2N2O/c13-7-5-10(15)11(16-6-7)12(17)8-3-1-2-4-9(8)14/h1-6H,15H2. The van der Waals surface area contributed by atoms with Crippen molar-refractivity contribution < 1.29 is 4.79 Å². The van der Waals surface area contributed by atoms with E-state index in [4.69, 9.17) is 28.9 Å². The summed E-state index contributed by atoms with van der Waals surface area (Å²) >= 11 is 11.7. The molecule has 0 radical (unpaired) electrons. The molecule has 86 valence electrons. The molecule has 5 heteroatoms. The number of pyridine rings is 1. The fourth-order valence-electron chi connectivity index (χ4n) is 1.42. The number of ketones is 1. The molecule has 2 rings (SSSR count). The molecule has 2 N–H and O–H groups in total. The molecule has 3 nitrogen and oxygen atoms in total. The zero-order valence-corrected chi connectivity index (χ0v) is 10.2. The van der Waals surface area contributed by atoms with Gasteiger partial charge in [-0.25, -0.2) is 4.98 Å². The highest BCUT2D eigenvalue weighted by Crippen LogP contribution is 2.22. The second-order valence-corrected chi connectivity index (χ2v) is 4.24. The quantitative estimate of drug-likeness (QED) is 0.850. The minimum Gasteiger partial charge on any atom is -0.397 e. The zero-order chi connectivity index (χ0) is 12.4.